The molecule has 0 aliphatic carbocycles. The number of nitrogens with one attached hydrogen (secondary N) is 1. The third kappa shape index (κ3) is 2.65. The number of hydrogen-bond donors (Lipinski definition) is 1. The molecule has 2 aromatic rings. The van der Waals surface area contributed by atoms with E-state index >= 15 is 0 Å². The smallest absolute Gasteiger partial charge is 0.280 e. The summed E-state index contributed by atoms with van der Waals surface area (Å²) in [7, 11) is -1.97. The Morgan fingerprint density at radius 2 is 2.11 bits per heavy atom. The lowest BCUT2D eigenvalue weighted by Crippen LogP contribution is -2.14. The van der Waals surface area contributed by atoms with Crippen LogP contribution in [0.4, 0.5) is 5.69 Å². The van der Waals surface area contributed by atoms with Crippen molar-refractivity contribution in [3.05, 3.63) is 41.3 Å². The van der Waals surface area contributed by atoms with Crippen molar-refractivity contribution in [2.75, 3.05) is 4.72 Å². The highest BCUT2D eigenvalue weighted by Gasteiger charge is 2.18. The van der Waals surface area contributed by atoms with Crippen LogP contribution in [0, 0.1) is 6.92 Å². The van der Waals surface area contributed by atoms with Gasteiger partial charge < -0.3 is 4.57 Å². The van der Waals surface area contributed by atoms with E-state index in [0.717, 1.165) is 5.56 Å². The summed E-state index contributed by atoms with van der Waals surface area (Å²) < 4.78 is 28.1. The lowest BCUT2D eigenvalue weighted by molar-refractivity contribution is 0.598. The zero-order valence-corrected chi connectivity index (χ0v) is 11.5. The number of aromatic nitrogens is 2. The van der Waals surface area contributed by atoms with Gasteiger partial charge in [0, 0.05) is 18.3 Å². The van der Waals surface area contributed by atoms with Crippen molar-refractivity contribution in [1.82, 2.24) is 9.55 Å². The van der Waals surface area contributed by atoms with Crippen molar-refractivity contribution >= 4 is 27.3 Å². The van der Waals surface area contributed by atoms with Crippen molar-refractivity contribution in [3.63, 3.8) is 0 Å². The minimum Gasteiger partial charge on any atom is -0.339 e. The summed E-state index contributed by atoms with van der Waals surface area (Å²) in [6.45, 7) is 1.80. The van der Waals surface area contributed by atoms with Gasteiger partial charge >= 0.3 is 0 Å². The molecule has 0 unspecified atom stereocenters. The standard InChI is InChI=1S/C11H12ClN3O2S/c1-8-3-4-9(12)5-10(8)14-18(16,17)11-6-15(2)7-13-11/h3-7,14H,1-2H3. The number of halogens is 1. The minimum atomic E-state index is -3.67. The van der Waals surface area contributed by atoms with Crippen LogP contribution in [0.25, 0.3) is 0 Å². The van der Waals surface area contributed by atoms with Crippen molar-refractivity contribution < 1.29 is 8.42 Å². The van der Waals surface area contributed by atoms with Gasteiger partial charge in [0.2, 0.25) is 0 Å². The summed E-state index contributed by atoms with van der Waals surface area (Å²) in [5, 5.41) is 0.448. The molecule has 0 spiro atoms. The van der Waals surface area contributed by atoms with Crippen LogP contribution in [0.3, 0.4) is 0 Å². The van der Waals surface area contributed by atoms with Crippen molar-refractivity contribution in [3.8, 4) is 0 Å². The van der Waals surface area contributed by atoms with Crippen molar-refractivity contribution in [2.24, 2.45) is 7.05 Å². The quantitative estimate of drug-likeness (QED) is 0.940. The summed E-state index contributed by atoms with van der Waals surface area (Å²) >= 11 is 5.84. The largest absolute Gasteiger partial charge is 0.339 e. The van der Waals surface area contributed by atoms with Crippen LogP contribution in [0.1, 0.15) is 5.56 Å². The lowest BCUT2D eigenvalue weighted by Gasteiger charge is -2.09. The Kier molecular flexibility index (Phi) is 3.32. The highest BCUT2D eigenvalue weighted by atomic mass is 35.5. The maximum atomic E-state index is 12.0. The van der Waals surface area contributed by atoms with Crippen LogP contribution in [0.5, 0.6) is 0 Å². The number of nitrogens with zero attached hydrogens (tertiary/aromatic N) is 2. The third-order valence-electron chi connectivity index (χ3n) is 2.40. The van der Waals surface area contributed by atoms with E-state index in [2.05, 4.69) is 9.71 Å². The predicted octanol–water partition coefficient (Wildman–Crippen LogP) is 2.18. The number of rotatable bonds is 3. The average Bonchev–Trinajstić information content (AvgIpc) is 2.71. The molecule has 1 aromatic carbocycles. The Morgan fingerprint density at radius 1 is 1.39 bits per heavy atom. The van der Waals surface area contributed by atoms with Gasteiger partial charge in [0.15, 0.2) is 5.03 Å². The maximum absolute atomic E-state index is 12.0. The first-order valence-corrected chi connectivity index (χ1v) is 7.01. The van der Waals surface area contributed by atoms with E-state index in [9.17, 15) is 8.42 Å². The molecule has 18 heavy (non-hydrogen) atoms. The molecule has 0 aliphatic rings. The van der Waals surface area contributed by atoms with Gasteiger partial charge in [0.05, 0.1) is 12.0 Å². The van der Waals surface area contributed by atoms with E-state index in [0.29, 0.717) is 10.7 Å². The molecule has 96 valence electrons. The molecule has 1 aromatic heterocycles. The van der Waals surface area contributed by atoms with Crippen molar-refractivity contribution in [2.45, 2.75) is 11.9 Å². The van der Waals surface area contributed by atoms with Gasteiger partial charge in [-0.05, 0) is 24.6 Å². The topological polar surface area (TPSA) is 64.0 Å². The SMILES string of the molecule is Cc1ccc(Cl)cc1NS(=O)(=O)c1cn(C)cn1. The number of aryl methyl sites for hydroxylation is 2. The summed E-state index contributed by atoms with van der Waals surface area (Å²) in [5.41, 5.74) is 1.24. The predicted molar refractivity (Wildman–Crippen MR) is 70.2 cm³/mol. The maximum Gasteiger partial charge on any atom is 0.280 e. The number of imidazole rings is 1. The van der Waals surface area contributed by atoms with Crippen LogP contribution in [0.2, 0.25) is 5.02 Å². The van der Waals surface area contributed by atoms with Gasteiger partial charge in [0.25, 0.3) is 10.0 Å². The Labute approximate surface area is 110 Å². The fourth-order valence-corrected chi connectivity index (χ4v) is 2.71. The first-order chi connectivity index (χ1) is 8.38. The number of benzene rings is 1. The van der Waals surface area contributed by atoms with Gasteiger partial charge in [-0.3, -0.25) is 4.72 Å². The van der Waals surface area contributed by atoms with Crippen LogP contribution in [-0.4, -0.2) is 18.0 Å². The monoisotopic (exact) mass is 285 g/mol. The van der Waals surface area contributed by atoms with E-state index in [1.165, 1.54) is 12.5 Å². The molecule has 0 saturated carbocycles. The Morgan fingerprint density at radius 3 is 2.72 bits per heavy atom. The first kappa shape index (κ1) is 12.9. The van der Waals surface area contributed by atoms with E-state index in [-0.39, 0.29) is 5.03 Å². The van der Waals surface area contributed by atoms with Gasteiger partial charge in [-0.1, -0.05) is 17.7 Å². The molecule has 2 rings (SSSR count). The summed E-state index contributed by atoms with van der Waals surface area (Å²) in [6, 6.07) is 5.02. The first-order valence-electron chi connectivity index (χ1n) is 5.15. The summed E-state index contributed by atoms with van der Waals surface area (Å²) in [4.78, 5) is 3.82. The molecule has 5 nitrogen and oxygen atoms in total. The molecule has 0 fully saturated rings. The molecule has 0 atom stereocenters. The Balaban J connectivity index is 2.36. The Bertz CT molecular complexity index is 679. The zero-order valence-electron chi connectivity index (χ0n) is 9.88. The van der Waals surface area contributed by atoms with E-state index in [1.807, 2.05) is 0 Å². The van der Waals surface area contributed by atoms with Crippen molar-refractivity contribution in [1.29, 1.82) is 0 Å². The normalized spacial score (nSPS) is 11.5. The molecule has 7 heteroatoms. The molecule has 0 saturated heterocycles. The van der Waals surface area contributed by atoms with Crippen LogP contribution >= 0.6 is 11.6 Å². The van der Waals surface area contributed by atoms with E-state index in [1.54, 1.807) is 36.7 Å². The highest BCUT2D eigenvalue weighted by Crippen LogP contribution is 2.22. The Hall–Kier alpha value is -1.53. The van der Waals surface area contributed by atoms with Gasteiger partial charge in [-0.2, -0.15) is 8.42 Å². The van der Waals surface area contributed by atoms with Crippen LogP contribution < -0.4 is 4.72 Å². The van der Waals surface area contributed by atoms with E-state index in [4.69, 9.17) is 11.6 Å². The highest BCUT2D eigenvalue weighted by molar-refractivity contribution is 7.92. The number of sulfonamides is 1. The second kappa shape index (κ2) is 4.62. The third-order valence-corrected chi connectivity index (χ3v) is 3.89. The molecule has 0 bridgehead atoms. The number of hydrogen-bond acceptors (Lipinski definition) is 3. The van der Waals surface area contributed by atoms with Crippen LogP contribution in [0.15, 0.2) is 35.7 Å². The summed E-state index contributed by atoms with van der Waals surface area (Å²) in [6.07, 6.45) is 2.86. The average molecular weight is 286 g/mol. The van der Waals surface area contributed by atoms with Crippen LogP contribution in [-0.2, 0) is 17.1 Å². The van der Waals surface area contributed by atoms with Gasteiger partial charge in [-0.15, -0.1) is 0 Å². The fraction of sp³-hybridized carbons (Fsp3) is 0.182. The summed E-state index contributed by atoms with van der Waals surface area (Å²) in [5.74, 6) is 0. The molecular formula is C11H12ClN3O2S. The second-order valence-corrected chi connectivity index (χ2v) is 6.01. The fourth-order valence-electron chi connectivity index (χ4n) is 1.43. The van der Waals surface area contributed by atoms with Gasteiger partial charge in [0.1, 0.15) is 0 Å². The number of anilines is 1. The molecule has 0 radical (unpaired) electrons. The van der Waals surface area contributed by atoms with Gasteiger partial charge in [-0.25, -0.2) is 4.98 Å². The molecule has 0 amide bonds. The van der Waals surface area contributed by atoms with E-state index < -0.39 is 10.0 Å². The molecule has 1 heterocycles. The lowest BCUT2D eigenvalue weighted by atomic mass is 10.2. The molecule has 1 N–H and O–H groups in total. The zero-order chi connectivity index (χ0) is 13.3. The second-order valence-electron chi connectivity index (χ2n) is 3.94. The molecule has 0 aliphatic heterocycles. The minimum absolute atomic E-state index is 0.0237. The molecular weight excluding hydrogens is 274 g/mol.